The summed E-state index contributed by atoms with van der Waals surface area (Å²) in [7, 11) is 0. The number of hydrogen-bond donors (Lipinski definition) is 3. The predicted octanol–water partition coefficient (Wildman–Crippen LogP) is 1.41. The first-order valence-corrected chi connectivity index (χ1v) is 7.79. The van der Waals surface area contributed by atoms with Gasteiger partial charge in [-0.2, -0.15) is 0 Å². The van der Waals surface area contributed by atoms with Crippen molar-refractivity contribution in [3.05, 3.63) is 74.3 Å². The number of nitrogens with zero attached hydrogens (tertiary/aromatic N) is 3. The molecule has 1 aromatic carbocycles. The van der Waals surface area contributed by atoms with Crippen LogP contribution in [0.15, 0.2) is 40.1 Å². The molecule has 140 valence electrons. The van der Waals surface area contributed by atoms with Crippen LogP contribution in [0.4, 0.5) is 25.8 Å². The van der Waals surface area contributed by atoms with E-state index in [4.69, 9.17) is 11.6 Å². The second-order valence-electron chi connectivity index (χ2n) is 5.90. The number of aromatic amines is 1. The number of aromatic nitrogens is 3. The molecular formula is C17H16F2N6O2. The zero-order valence-corrected chi connectivity index (χ0v) is 14.5. The van der Waals surface area contributed by atoms with Crippen LogP contribution in [0.5, 0.6) is 0 Å². The van der Waals surface area contributed by atoms with Crippen LogP contribution in [-0.4, -0.2) is 14.5 Å². The van der Waals surface area contributed by atoms with Crippen LogP contribution in [0, 0.1) is 25.5 Å². The van der Waals surface area contributed by atoms with Crippen molar-refractivity contribution < 1.29 is 8.78 Å². The first kappa shape index (κ1) is 18.3. The van der Waals surface area contributed by atoms with Crippen molar-refractivity contribution in [3.63, 3.8) is 0 Å². The van der Waals surface area contributed by atoms with Crippen molar-refractivity contribution in [1.29, 1.82) is 0 Å². The van der Waals surface area contributed by atoms with Crippen LogP contribution in [0.25, 0.3) is 5.69 Å². The van der Waals surface area contributed by atoms with Gasteiger partial charge in [-0.15, -0.1) is 0 Å². The second kappa shape index (κ2) is 6.65. The van der Waals surface area contributed by atoms with Gasteiger partial charge in [-0.1, -0.05) is 0 Å². The van der Waals surface area contributed by atoms with Crippen LogP contribution in [-0.2, 0) is 0 Å². The number of nitrogen functional groups attached to an aromatic ring is 1. The summed E-state index contributed by atoms with van der Waals surface area (Å²) in [5.41, 5.74) is 4.83. The highest BCUT2D eigenvalue weighted by Gasteiger charge is 2.21. The fourth-order valence-electron chi connectivity index (χ4n) is 2.63. The highest BCUT2D eigenvalue weighted by atomic mass is 19.2. The average Bonchev–Trinajstić information content (AvgIpc) is 2.59. The van der Waals surface area contributed by atoms with Gasteiger partial charge in [0.05, 0.1) is 23.3 Å². The Bertz CT molecular complexity index is 1140. The molecule has 0 aliphatic carbocycles. The largest absolute Gasteiger partial charge is 0.397 e. The number of nitrogens with two attached hydrogens (primary N) is 2. The minimum atomic E-state index is -1.18. The molecule has 0 bridgehead atoms. The summed E-state index contributed by atoms with van der Waals surface area (Å²) >= 11 is 0. The van der Waals surface area contributed by atoms with Crippen LogP contribution in [0.1, 0.15) is 11.4 Å². The molecular weight excluding hydrogens is 358 g/mol. The van der Waals surface area contributed by atoms with Gasteiger partial charge < -0.3 is 10.7 Å². The standard InChI is InChI=1S/C17H16F2N6O2/c1-8-3-4-10(7-22-8)24-16(26)15(9(2)23-17(24)27)25(21)14-6-12(19)11(18)5-13(14)20/h3-7H,20-21H2,1-2H3,(H,23,27). The highest BCUT2D eigenvalue weighted by molar-refractivity contribution is 5.74. The summed E-state index contributed by atoms with van der Waals surface area (Å²) in [6.07, 6.45) is 1.36. The number of pyridine rings is 1. The van der Waals surface area contributed by atoms with Crippen molar-refractivity contribution >= 4 is 17.1 Å². The number of halogens is 2. The Morgan fingerprint density at radius 1 is 1.15 bits per heavy atom. The molecule has 5 N–H and O–H groups in total. The molecule has 3 aromatic rings. The quantitative estimate of drug-likeness (QED) is 0.362. The number of anilines is 3. The van der Waals surface area contributed by atoms with Crippen LogP contribution in [0.2, 0.25) is 0 Å². The lowest BCUT2D eigenvalue weighted by Crippen LogP contribution is -2.41. The van der Waals surface area contributed by atoms with Crippen molar-refractivity contribution in [2.45, 2.75) is 13.8 Å². The molecule has 0 atom stereocenters. The Kier molecular flexibility index (Phi) is 4.50. The lowest BCUT2D eigenvalue weighted by Gasteiger charge is -2.22. The summed E-state index contributed by atoms with van der Waals surface area (Å²) in [6.45, 7) is 3.20. The van der Waals surface area contributed by atoms with E-state index in [2.05, 4.69) is 9.97 Å². The molecule has 0 aliphatic rings. The molecule has 0 amide bonds. The Hall–Kier alpha value is -3.53. The monoisotopic (exact) mass is 374 g/mol. The van der Waals surface area contributed by atoms with E-state index in [9.17, 15) is 18.4 Å². The molecule has 0 fully saturated rings. The number of hydrazine groups is 1. The van der Waals surface area contributed by atoms with Gasteiger partial charge >= 0.3 is 5.69 Å². The Balaban J connectivity index is 2.24. The average molecular weight is 374 g/mol. The van der Waals surface area contributed by atoms with Crippen molar-refractivity contribution in [2.75, 3.05) is 10.7 Å². The van der Waals surface area contributed by atoms with Gasteiger partial charge in [0.25, 0.3) is 5.56 Å². The first-order valence-electron chi connectivity index (χ1n) is 7.79. The van der Waals surface area contributed by atoms with E-state index < -0.39 is 22.9 Å². The van der Waals surface area contributed by atoms with E-state index in [0.717, 1.165) is 21.7 Å². The van der Waals surface area contributed by atoms with Gasteiger partial charge in [0.15, 0.2) is 11.6 Å². The molecule has 2 heterocycles. The van der Waals surface area contributed by atoms with Crippen molar-refractivity contribution in [2.24, 2.45) is 5.84 Å². The molecule has 0 saturated heterocycles. The van der Waals surface area contributed by atoms with Crippen molar-refractivity contribution in [1.82, 2.24) is 14.5 Å². The summed E-state index contributed by atoms with van der Waals surface area (Å²) in [4.78, 5) is 31.8. The number of nitrogens with one attached hydrogen (secondary N) is 1. The minimum Gasteiger partial charge on any atom is -0.397 e. The molecule has 27 heavy (non-hydrogen) atoms. The Labute approximate surface area is 151 Å². The molecule has 10 heteroatoms. The number of H-pyrrole nitrogens is 1. The van der Waals surface area contributed by atoms with Crippen molar-refractivity contribution in [3.8, 4) is 5.69 Å². The minimum absolute atomic E-state index is 0.130. The lowest BCUT2D eigenvalue weighted by atomic mass is 10.2. The van der Waals surface area contributed by atoms with Gasteiger partial charge in [0.1, 0.15) is 5.69 Å². The maximum absolute atomic E-state index is 13.6. The number of rotatable bonds is 3. The van der Waals surface area contributed by atoms with E-state index in [-0.39, 0.29) is 28.4 Å². The summed E-state index contributed by atoms with van der Waals surface area (Å²) in [5.74, 6) is 3.64. The normalized spacial score (nSPS) is 10.9. The number of aryl methyl sites for hydroxylation is 2. The summed E-state index contributed by atoms with van der Waals surface area (Å²) < 4.78 is 27.8. The highest BCUT2D eigenvalue weighted by Crippen LogP contribution is 2.29. The van der Waals surface area contributed by atoms with Gasteiger partial charge in [-0.3, -0.25) is 14.8 Å². The molecule has 3 rings (SSSR count). The number of benzene rings is 1. The predicted molar refractivity (Wildman–Crippen MR) is 97.0 cm³/mol. The zero-order valence-electron chi connectivity index (χ0n) is 14.5. The fourth-order valence-corrected chi connectivity index (χ4v) is 2.63. The van der Waals surface area contributed by atoms with E-state index >= 15 is 0 Å². The molecule has 0 unspecified atom stereocenters. The lowest BCUT2D eigenvalue weighted by molar-refractivity contribution is 0.509. The van der Waals surface area contributed by atoms with E-state index in [1.54, 1.807) is 19.1 Å². The molecule has 0 spiro atoms. The molecule has 8 nitrogen and oxygen atoms in total. The van der Waals surface area contributed by atoms with Crippen LogP contribution in [0.3, 0.4) is 0 Å². The van der Waals surface area contributed by atoms with E-state index in [0.29, 0.717) is 5.69 Å². The van der Waals surface area contributed by atoms with Crippen LogP contribution < -0.4 is 27.8 Å². The summed E-state index contributed by atoms with van der Waals surface area (Å²) in [5, 5.41) is 0.809. The maximum Gasteiger partial charge on any atom is 0.333 e. The van der Waals surface area contributed by atoms with Crippen LogP contribution >= 0.6 is 0 Å². The van der Waals surface area contributed by atoms with Gasteiger partial charge in [-0.25, -0.2) is 24.0 Å². The summed E-state index contributed by atoms with van der Waals surface area (Å²) in [6, 6.07) is 4.71. The molecule has 0 saturated carbocycles. The third kappa shape index (κ3) is 3.17. The molecule has 0 aliphatic heterocycles. The SMILES string of the molecule is Cc1ccc(-n2c(=O)[nH]c(C)c(N(N)c3cc(F)c(F)cc3N)c2=O)cn1. The third-order valence-corrected chi connectivity index (χ3v) is 3.98. The smallest absolute Gasteiger partial charge is 0.333 e. The van der Waals surface area contributed by atoms with Gasteiger partial charge in [0.2, 0.25) is 0 Å². The first-order chi connectivity index (χ1) is 12.7. The molecule has 2 aromatic heterocycles. The maximum atomic E-state index is 13.6. The fraction of sp³-hybridized carbons (Fsp3) is 0.118. The van der Waals surface area contributed by atoms with E-state index in [1.165, 1.54) is 13.1 Å². The third-order valence-electron chi connectivity index (χ3n) is 3.98. The van der Waals surface area contributed by atoms with E-state index in [1.807, 2.05) is 0 Å². The van der Waals surface area contributed by atoms with Gasteiger partial charge in [0, 0.05) is 23.5 Å². The second-order valence-corrected chi connectivity index (χ2v) is 5.90. The molecule has 0 radical (unpaired) electrons. The number of hydrogen-bond acceptors (Lipinski definition) is 6. The topological polar surface area (TPSA) is 123 Å². The Morgan fingerprint density at radius 2 is 1.81 bits per heavy atom. The Morgan fingerprint density at radius 3 is 2.44 bits per heavy atom. The van der Waals surface area contributed by atoms with Gasteiger partial charge in [-0.05, 0) is 26.0 Å². The zero-order chi connectivity index (χ0) is 19.9.